The van der Waals surface area contributed by atoms with E-state index >= 15 is 0 Å². The summed E-state index contributed by atoms with van der Waals surface area (Å²) in [4.78, 5) is 25.7. The molecule has 0 radical (unpaired) electrons. The topological polar surface area (TPSA) is 127 Å². The Bertz CT molecular complexity index is 1450. The van der Waals surface area contributed by atoms with Crippen molar-refractivity contribution in [1.29, 1.82) is 0 Å². The van der Waals surface area contributed by atoms with E-state index in [1.807, 2.05) is 47.5 Å². The Hall–Kier alpha value is -3.36. The van der Waals surface area contributed by atoms with Crippen molar-refractivity contribution in [2.24, 2.45) is 11.1 Å². The zero-order chi connectivity index (χ0) is 27.1. The summed E-state index contributed by atoms with van der Waals surface area (Å²) >= 11 is 8.00. The SMILES string of the molecule is N[C@@H]1c2ccnn2CC12CCN(c1cnc(Sc3ccn4ccnc4c3Cl)cn1)CC2.O=C(O)C(F)(F)F. The Labute approximate surface area is 223 Å². The van der Waals surface area contributed by atoms with Crippen molar-refractivity contribution in [3.05, 3.63) is 60.0 Å². The first-order valence-electron chi connectivity index (χ1n) is 11.5. The molecule has 3 N–H and O–H groups in total. The first-order valence-corrected chi connectivity index (χ1v) is 12.7. The minimum absolute atomic E-state index is 0.0548. The second-order valence-corrected chi connectivity index (χ2v) is 10.5. The van der Waals surface area contributed by atoms with Crippen LogP contribution in [-0.2, 0) is 11.3 Å². The van der Waals surface area contributed by atoms with E-state index in [1.54, 1.807) is 6.20 Å². The summed E-state index contributed by atoms with van der Waals surface area (Å²) in [7, 11) is 0. The van der Waals surface area contributed by atoms with Gasteiger partial charge in [0.25, 0.3) is 0 Å². The lowest BCUT2D eigenvalue weighted by molar-refractivity contribution is -0.192. The highest BCUT2D eigenvalue weighted by atomic mass is 35.5. The molecule has 0 saturated carbocycles. The molecule has 6 rings (SSSR count). The zero-order valence-corrected chi connectivity index (χ0v) is 21.3. The molecule has 2 aliphatic rings. The first kappa shape index (κ1) is 26.3. The average Bonchev–Trinajstić information content (AvgIpc) is 3.60. The van der Waals surface area contributed by atoms with Gasteiger partial charge >= 0.3 is 12.1 Å². The number of hydrogen-bond acceptors (Lipinski definition) is 8. The van der Waals surface area contributed by atoms with Crippen molar-refractivity contribution in [2.75, 3.05) is 18.0 Å². The second-order valence-electron chi connectivity index (χ2n) is 9.01. The Kier molecular flexibility index (Phi) is 6.96. The molecule has 4 aromatic heterocycles. The van der Waals surface area contributed by atoms with Gasteiger partial charge < -0.3 is 20.1 Å². The molecule has 2 aliphatic heterocycles. The number of anilines is 1. The van der Waals surface area contributed by atoms with Gasteiger partial charge in [0.05, 0.1) is 29.2 Å². The maximum absolute atomic E-state index is 10.6. The fraction of sp³-hybridized carbons (Fsp3) is 0.348. The number of nitrogens with two attached hydrogens (primary N) is 1. The molecule has 200 valence electrons. The van der Waals surface area contributed by atoms with Crippen LogP contribution in [0.1, 0.15) is 24.6 Å². The van der Waals surface area contributed by atoms with Gasteiger partial charge in [-0.1, -0.05) is 23.4 Å². The lowest BCUT2D eigenvalue weighted by Crippen LogP contribution is -2.45. The Morgan fingerprint density at radius 3 is 2.50 bits per heavy atom. The van der Waals surface area contributed by atoms with Crippen molar-refractivity contribution < 1.29 is 23.1 Å². The largest absolute Gasteiger partial charge is 0.490 e. The van der Waals surface area contributed by atoms with Crippen LogP contribution in [0.3, 0.4) is 0 Å². The van der Waals surface area contributed by atoms with Gasteiger partial charge in [0.15, 0.2) is 5.65 Å². The molecule has 0 aromatic carbocycles. The van der Waals surface area contributed by atoms with Crippen molar-refractivity contribution >= 4 is 40.8 Å². The average molecular weight is 567 g/mol. The van der Waals surface area contributed by atoms with E-state index < -0.39 is 12.1 Å². The van der Waals surface area contributed by atoms with Crippen molar-refractivity contribution in [1.82, 2.24) is 29.1 Å². The predicted octanol–water partition coefficient (Wildman–Crippen LogP) is 4.06. The number of fused-ring (bicyclic) bond motifs is 2. The monoisotopic (exact) mass is 566 g/mol. The van der Waals surface area contributed by atoms with Gasteiger partial charge in [-0.05, 0) is 25.0 Å². The quantitative estimate of drug-likeness (QED) is 0.377. The summed E-state index contributed by atoms with van der Waals surface area (Å²) in [5.74, 6) is -1.86. The van der Waals surface area contributed by atoms with Crippen LogP contribution < -0.4 is 10.6 Å². The van der Waals surface area contributed by atoms with Gasteiger partial charge in [0, 0.05) is 54.7 Å². The van der Waals surface area contributed by atoms with Crippen LogP contribution in [0.5, 0.6) is 0 Å². The number of carboxylic acid groups (broad SMARTS) is 1. The molecule has 0 unspecified atom stereocenters. The molecule has 0 bridgehead atoms. The van der Waals surface area contributed by atoms with Gasteiger partial charge in [-0.3, -0.25) is 4.68 Å². The number of aliphatic carboxylic acids is 1. The number of imidazole rings is 1. The van der Waals surface area contributed by atoms with Crippen molar-refractivity contribution in [3.63, 3.8) is 0 Å². The smallest absolute Gasteiger partial charge is 0.475 e. The molecular formula is C23H22ClF3N8O2S. The normalized spacial score (nSPS) is 18.3. The van der Waals surface area contributed by atoms with Crippen LogP contribution >= 0.6 is 23.4 Å². The number of halogens is 4. The minimum Gasteiger partial charge on any atom is -0.475 e. The first-order chi connectivity index (χ1) is 18.1. The number of carbonyl (C=O) groups is 1. The van der Waals surface area contributed by atoms with Crippen molar-refractivity contribution in [2.45, 2.75) is 41.5 Å². The zero-order valence-electron chi connectivity index (χ0n) is 19.7. The summed E-state index contributed by atoms with van der Waals surface area (Å²) in [5, 5.41) is 13.0. The Morgan fingerprint density at radius 2 is 1.87 bits per heavy atom. The molecule has 1 atom stereocenters. The summed E-state index contributed by atoms with van der Waals surface area (Å²) in [6.07, 6.45) is 8.02. The number of rotatable bonds is 3. The van der Waals surface area contributed by atoms with Crippen molar-refractivity contribution in [3.8, 4) is 0 Å². The molecule has 15 heteroatoms. The fourth-order valence-electron chi connectivity index (χ4n) is 4.75. The van der Waals surface area contributed by atoms with E-state index in [1.165, 1.54) is 11.8 Å². The maximum atomic E-state index is 10.6. The number of nitrogens with zero attached hydrogens (tertiary/aromatic N) is 7. The highest BCUT2D eigenvalue weighted by Crippen LogP contribution is 2.47. The molecule has 1 saturated heterocycles. The third-order valence-electron chi connectivity index (χ3n) is 6.82. The predicted molar refractivity (Wildman–Crippen MR) is 133 cm³/mol. The Morgan fingerprint density at radius 1 is 1.13 bits per heavy atom. The molecule has 1 spiro atoms. The van der Waals surface area contributed by atoms with Gasteiger partial charge in [0.2, 0.25) is 0 Å². The fourth-order valence-corrected chi connectivity index (χ4v) is 5.82. The third-order valence-corrected chi connectivity index (χ3v) is 8.28. The summed E-state index contributed by atoms with van der Waals surface area (Å²) in [6.45, 7) is 2.75. The molecule has 1 fully saturated rings. The van der Waals surface area contributed by atoms with E-state index in [9.17, 15) is 13.2 Å². The molecule has 4 aromatic rings. The number of alkyl halides is 3. The van der Waals surface area contributed by atoms with Crippen LogP contribution in [0.25, 0.3) is 5.65 Å². The molecule has 6 heterocycles. The van der Waals surface area contributed by atoms with Gasteiger partial charge in [-0.2, -0.15) is 18.3 Å². The lowest BCUT2D eigenvalue weighted by atomic mass is 9.73. The highest BCUT2D eigenvalue weighted by Gasteiger charge is 2.47. The third kappa shape index (κ3) is 5.02. The van der Waals surface area contributed by atoms with Crippen LogP contribution in [0, 0.1) is 5.41 Å². The van der Waals surface area contributed by atoms with E-state index in [-0.39, 0.29) is 11.5 Å². The second kappa shape index (κ2) is 10.1. The summed E-state index contributed by atoms with van der Waals surface area (Å²) in [5.41, 5.74) is 8.59. The lowest BCUT2D eigenvalue weighted by Gasteiger charge is -2.41. The van der Waals surface area contributed by atoms with E-state index in [0.717, 1.165) is 59.6 Å². The number of aromatic nitrogens is 6. The van der Waals surface area contributed by atoms with Crippen LogP contribution in [0.4, 0.5) is 19.0 Å². The molecule has 38 heavy (non-hydrogen) atoms. The minimum atomic E-state index is -5.08. The molecule has 0 amide bonds. The number of piperidine rings is 1. The van der Waals surface area contributed by atoms with E-state index in [4.69, 9.17) is 27.2 Å². The standard InChI is InChI=1S/C21H21ClN8S.C2HF3O2/c22-18-15(2-7-29-10-6-24-20(18)29)31-17-12-25-16(11-26-17)28-8-3-21(4-9-28)13-30-14(19(21)23)1-5-27-30;3-2(4,5)1(6)7/h1-2,5-7,10-12,19H,3-4,8-9,13,23H2;(H,6,7)/t19-;/m1./s1. The number of hydrogen-bond donors (Lipinski definition) is 2. The number of carboxylic acids is 1. The van der Waals surface area contributed by atoms with Crippen LogP contribution in [0.15, 0.2) is 59.2 Å². The molecular weight excluding hydrogens is 545 g/mol. The number of pyridine rings is 1. The highest BCUT2D eigenvalue weighted by molar-refractivity contribution is 7.99. The molecule has 0 aliphatic carbocycles. The van der Waals surface area contributed by atoms with Gasteiger partial charge in [0.1, 0.15) is 10.8 Å². The molecule has 10 nitrogen and oxygen atoms in total. The van der Waals surface area contributed by atoms with Gasteiger partial charge in [-0.25, -0.2) is 19.7 Å². The van der Waals surface area contributed by atoms with Gasteiger partial charge in [-0.15, -0.1) is 0 Å². The maximum Gasteiger partial charge on any atom is 0.490 e. The van der Waals surface area contributed by atoms with Crippen LogP contribution in [0.2, 0.25) is 5.02 Å². The summed E-state index contributed by atoms with van der Waals surface area (Å²) < 4.78 is 35.7. The van der Waals surface area contributed by atoms with Crippen LogP contribution in [-0.4, -0.2) is 59.5 Å². The van der Waals surface area contributed by atoms with E-state index in [2.05, 4.69) is 29.6 Å². The summed E-state index contributed by atoms with van der Waals surface area (Å²) in [6, 6.07) is 4.07. The van der Waals surface area contributed by atoms with E-state index in [0.29, 0.717) is 5.02 Å². The Balaban J connectivity index is 0.000000374.